The second-order valence-electron chi connectivity index (χ2n) is 3.81. The summed E-state index contributed by atoms with van der Waals surface area (Å²) in [5.41, 5.74) is 0.483. The van der Waals surface area contributed by atoms with Crippen LogP contribution in [0.1, 0.15) is 17.3 Å². The van der Waals surface area contributed by atoms with E-state index in [1.165, 1.54) is 0 Å². The van der Waals surface area contributed by atoms with Gasteiger partial charge >= 0.3 is 5.97 Å². The fourth-order valence-electron chi connectivity index (χ4n) is 1.47. The highest BCUT2D eigenvalue weighted by molar-refractivity contribution is 5.91. The molecule has 3 nitrogen and oxygen atoms in total. The number of ether oxygens (including phenoxy) is 2. The molecule has 2 aromatic rings. The Kier molecular flexibility index (Phi) is 4.34. The first-order chi connectivity index (χ1) is 9.29. The van der Waals surface area contributed by atoms with E-state index >= 15 is 0 Å². The molecule has 0 aliphatic heterocycles. The first kappa shape index (κ1) is 12.9. The minimum absolute atomic E-state index is 0.385. The lowest BCUT2D eigenvalue weighted by atomic mass is 10.2. The zero-order valence-corrected chi connectivity index (χ0v) is 10.6. The molecule has 0 radical (unpaired) electrons. The zero-order chi connectivity index (χ0) is 13.5. The third kappa shape index (κ3) is 3.71. The summed E-state index contributed by atoms with van der Waals surface area (Å²) in [5, 5.41) is 0. The van der Waals surface area contributed by atoms with Crippen molar-refractivity contribution < 1.29 is 14.3 Å². The summed E-state index contributed by atoms with van der Waals surface area (Å²) in [6.07, 6.45) is 3.37. The third-order valence-electron chi connectivity index (χ3n) is 2.38. The van der Waals surface area contributed by atoms with Crippen molar-refractivity contribution in [3.63, 3.8) is 0 Å². The first-order valence-electron chi connectivity index (χ1n) is 5.94. The molecule has 0 spiro atoms. The van der Waals surface area contributed by atoms with Gasteiger partial charge in [-0.25, -0.2) is 4.79 Å². The lowest BCUT2D eigenvalue weighted by molar-refractivity contribution is 0.0735. The fraction of sp³-hybridized carbons (Fsp3) is 0.0625. The van der Waals surface area contributed by atoms with Crippen LogP contribution in [0.5, 0.6) is 11.5 Å². The van der Waals surface area contributed by atoms with Crippen molar-refractivity contribution in [1.82, 2.24) is 0 Å². The number of carbonyl (C=O) groups is 1. The molecule has 0 aliphatic rings. The van der Waals surface area contributed by atoms with Gasteiger partial charge in [0.2, 0.25) is 0 Å². The lowest BCUT2D eigenvalue weighted by Gasteiger charge is -2.05. The second kappa shape index (κ2) is 6.40. The predicted octanol–water partition coefficient (Wildman–Crippen LogP) is 3.82. The second-order valence-corrected chi connectivity index (χ2v) is 3.81. The molecule has 19 heavy (non-hydrogen) atoms. The van der Waals surface area contributed by atoms with E-state index in [-0.39, 0.29) is 5.97 Å². The van der Waals surface area contributed by atoms with Gasteiger partial charge in [0.1, 0.15) is 11.5 Å². The van der Waals surface area contributed by atoms with Crippen LogP contribution in [0.2, 0.25) is 0 Å². The van der Waals surface area contributed by atoms with Crippen molar-refractivity contribution in [2.24, 2.45) is 0 Å². The Hall–Kier alpha value is -2.55. The molecule has 0 saturated carbocycles. The van der Waals surface area contributed by atoms with Gasteiger partial charge < -0.3 is 9.47 Å². The summed E-state index contributed by atoms with van der Waals surface area (Å²) < 4.78 is 10.5. The van der Waals surface area contributed by atoms with Gasteiger partial charge in [-0.2, -0.15) is 0 Å². The Morgan fingerprint density at radius 1 is 0.947 bits per heavy atom. The molecule has 3 heteroatoms. The molecule has 0 N–H and O–H groups in total. The largest absolute Gasteiger partial charge is 0.465 e. The highest BCUT2D eigenvalue weighted by Crippen LogP contribution is 2.15. The van der Waals surface area contributed by atoms with Crippen LogP contribution in [0.4, 0.5) is 0 Å². The quantitative estimate of drug-likeness (QED) is 0.472. The van der Waals surface area contributed by atoms with E-state index in [1.807, 2.05) is 25.1 Å². The Labute approximate surface area is 112 Å². The van der Waals surface area contributed by atoms with Crippen LogP contribution in [0, 0.1) is 0 Å². The van der Waals surface area contributed by atoms with Crippen molar-refractivity contribution in [2.75, 3.05) is 0 Å². The minimum Gasteiger partial charge on any atom is -0.465 e. The lowest BCUT2D eigenvalue weighted by Crippen LogP contribution is -2.08. The van der Waals surface area contributed by atoms with E-state index in [9.17, 15) is 4.79 Å². The van der Waals surface area contributed by atoms with Gasteiger partial charge in [-0.15, -0.1) is 0 Å². The third-order valence-corrected chi connectivity index (χ3v) is 2.38. The van der Waals surface area contributed by atoms with Gasteiger partial charge in [-0.3, -0.25) is 0 Å². The maximum Gasteiger partial charge on any atom is 0.343 e. The molecule has 0 bridgehead atoms. The number of carbonyl (C=O) groups excluding carboxylic acids is 1. The summed E-state index contributed by atoms with van der Waals surface area (Å²) in [6, 6.07) is 15.8. The number of rotatable bonds is 4. The van der Waals surface area contributed by atoms with Crippen molar-refractivity contribution in [2.45, 2.75) is 6.92 Å². The SMILES string of the molecule is CC=COc1ccc(C(=O)Oc2ccccc2)cc1. The average molecular weight is 254 g/mol. The Morgan fingerprint density at radius 3 is 2.26 bits per heavy atom. The number of hydrogen-bond donors (Lipinski definition) is 0. The summed E-state index contributed by atoms with van der Waals surface area (Å²) in [5.74, 6) is 0.819. The maximum absolute atomic E-state index is 11.9. The van der Waals surface area contributed by atoms with E-state index in [4.69, 9.17) is 9.47 Å². The van der Waals surface area contributed by atoms with E-state index < -0.39 is 0 Å². The molecule has 0 heterocycles. The Bertz CT molecular complexity index is 556. The maximum atomic E-state index is 11.9. The highest BCUT2D eigenvalue weighted by atomic mass is 16.5. The number of hydrogen-bond acceptors (Lipinski definition) is 3. The van der Waals surface area contributed by atoms with Crippen LogP contribution in [-0.4, -0.2) is 5.97 Å². The first-order valence-corrected chi connectivity index (χ1v) is 5.94. The van der Waals surface area contributed by atoms with Crippen LogP contribution in [0.3, 0.4) is 0 Å². The normalized spacial score (nSPS) is 10.4. The smallest absolute Gasteiger partial charge is 0.343 e. The molecule has 0 unspecified atom stereocenters. The van der Waals surface area contributed by atoms with E-state index in [0.717, 1.165) is 0 Å². The van der Waals surface area contributed by atoms with Crippen LogP contribution in [0.15, 0.2) is 66.9 Å². The summed E-state index contributed by atoms with van der Waals surface area (Å²) >= 11 is 0. The minimum atomic E-state index is -0.385. The van der Waals surface area contributed by atoms with Crippen LogP contribution >= 0.6 is 0 Å². The molecule has 0 aromatic heterocycles. The summed E-state index contributed by atoms with van der Waals surface area (Å²) in [7, 11) is 0. The van der Waals surface area contributed by atoms with Crippen LogP contribution in [-0.2, 0) is 0 Å². The Morgan fingerprint density at radius 2 is 1.63 bits per heavy atom. The summed E-state index contributed by atoms with van der Waals surface area (Å²) in [6.45, 7) is 1.87. The van der Waals surface area contributed by atoms with Crippen molar-refractivity contribution in [3.05, 3.63) is 72.5 Å². The molecular formula is C16H14O3. The monoisotopic (exact) mass is 254 g/mol. The van der Waals surface area contributed by atoms with Gasteiger partial charge in [0.25, 0.3) is 0 Å². The van der Waals surface area contributed by atoms with Gasteiger partial charge in [0.15, 0.2) is 0 Å². The standard InChI is InChI=1S/C16H14O3/c1-2-12-18-14-10-8-13(9-11-14)16(17)19-15-6-4-3-5-7-15/h2-12H,1H3. The molecule has 2 aromatic carbocycles. The Balaban J connectivity index is 2.03. The van der Waals surface area contributed by atoms with E-state index in [2.05, 4.69) is 0 Å². The molecule has 0 aliphatic carbocycles. The number of para-hydroxylation sites is 1. The topological polar surface area (TPSA) is 35.5 Å². The molecule has 2 rings (SSSR count). The van der Waals surface area contributed by atoms with E-state index in [0.29, 0.717) is 17.1 Å². The van der Waals surface area contributed by atoms with Gasteiger partial charge in [-0.05, 0) is 43.3 Å². The van der Waals surface area contributed by atoms with Gasteiger partial charge in [0.05, 0.1) is 11.8 Å². The zero-order valence-electron chi connectivity index (χ0n) is 10.6. The van der Waals surface area contributed by atoms with Crippen molar-refractivity contribution >= 4 is 5.97 Å². The molecule has 0 fully saturated rings. The van der Waals surface area contributed by atoms with Crippen LogP contribution in [0.25, 0.3) is 0 Å². The highest BCUT2D eigenvalue weighted by Gasteiger charge is 2.08. The number of benzene rings is 2. The van der Waals surface area contributed by atoms with E-state index in [1.54, 1.807) is 48.7 Å². The van der Waals surface area contributed by atoms with Gasteiger partial charge in [-0.1, -0.05) is 24.3 Å². The van der Waals surface area contributed by atoms with Crippen molar-refractivity contribution in [1.29, 1.82) is 0 Å². The fourth-order valence-corrected chi connectivity index (χ4v) is 1.47. The number of allylic oxidation sites excluding steroid dienone is 1. The molecule has 0 atom stereocenters. The molecule has 96 valence electrons. The van der Waals surface area contributed by atoms with Crippen molar-refractivity contribution in [3.8, 4) is 11.5 Å². The molecule has 0 amide bonds. The summed E-state index contributed by atoms with van der Waals surface area (Å²) in [4.78, 5) is 11.9. The predicted molar refractivity (Wildman–Crippen MR) is 73.3 cm³/mol. The number of esters is 1. The molecular weight excluding hydrogens is 240 g/mol. The molecule has 0 saturated heterocycles. The average Bonchev–Trinajstić information content (AvgIpc) is 2.46. The van der Waals surface area contributed by atoms with Crippen LogP contribution < -0.4 is 9.47 Å². The van der Waals surface area contributed by atoms with Gasteiger partial charge in [0, 0.05) is 0 Å².